The van der Waals surface area contributed by atoms with Gasteiger partial charge in [-0.3, -0.25) is 0 Å². The highest BCUT2D eigenvalue weighted by atomic mass is 16.5. The molecule has 4 fully saturated rings. The Morgan fingerprint density at radius 3 is 2.10 bits per heavy atom. The molecule has 4 aliphatic rings. The highest BCUT2D eigenvalue weighted by molar-refractivity contribution is 5.04. The molecular weight excluding hydrogens is 260 g/mol. The lowest BCUT2D eigenvalue weighted by molar-refractivity contribution is -0.139. The van der Waals surface area contributed by atoms with E-state index in [9.17, 15) is 5.11 Å². The van der Waals surface area contributed by atoms with E-state index >= 15 is 0 Å². The van der Waals surface area contributed by atoms with Crippen molar-refractivity contribution in [2.24, 2.45) is 23.2 Å². The molecule has 0 spiro atoms. The van der Waals surface area contributed by atoms with Crippen LogP contribution in [0.1, 0.15) is 77.6 Å². The minimum Gasteiger partial charge on any atom is -0.390 e. The SMILES string of the molecule is CCCCCCCOCC(O)C12CC3CC(CC(C3)C1)C2. The first-order chi connectivity index (χ1) is 10.2. The van der Waals surface area contributed by atoms with E-state index in [1.807, 2.05) is 0 Å². The molecule has 2 nitrogen and oxygen atoms in total. The summed E-state index contributed by atoms with van der Waals surface area (Å²) in [5.41, 5.74) is 0.233. The highest BCUT2D eigenvalue weighted by Gasteiger charge is 2.53. The van der Waals surface area contributed by atoms with Gasteiger partial charge in [-0.1, -0.05) is 32.6 Å². The Labute approximate surface area is 130 Å². The van der Waals surface area contributed by atoms with E-state index in [0.717, 1.165) is 30.8 Å². The number of hydrogen-bond acceptors (Lipinski definition) is 2. The van der Waals surface area contributed by atoms with Crippen molar-refractivity contribution in [3.63, 3.8) is 0 Å². The predicted octanol–water partition coefficient (Wildman–Crippen LogP) is 4.55. The van der Waals surface area contributed by atoms with E-state index in [1.54, 1.807) is 0 Å². The second-order valence-electron chi connectivity index (χ2n) is 8.28. The standard InChI is InChI=1S/C19H34O2/c1-2-3-4-5-6-7-21-14-18(20)19-11-15-8-16(12-19)10-17(9-15)13-19/h15-18,20H,2-14H2,1H3. The summed E-state index contributed by atoms with van der Waals surface area (Å²) in [7, 11) is 0. The van der Waals surface area contributed by atoms with Crippen molar-refractivity contribution >= 4 is 0 Å². The molecule has 0 aromatic heterocycles. The first-order valence-corrected chi connectivity index (χ1v) is 9.47. The molecule has 0 radical (unpaired) electrons. The molecule has 4 rings (SSSR count). The molecule has 4 saturated carbocycles. The van der Waals surface area contributed by atoms with E-state index in [1.165, 1.54) is 64.2 Å². The largest absolute Gasteiger partial charge is 0.390 e. The van der Waals surface area contributed by atoms with Crippen LogP contribution in [-0.4, -0.2) is 24.4 Å². The van der Waals surface area contributed by atoms with Gasteiger partial charge in [-0.05, 0) is 68.1 Å². The van der Waals surface area contributed by atoms with Gasteiger partial charge in [-0.25, -0.2) is 0 Å². The van der Waals surface area contributed by atoms with Crippen LogP contribution in [0.5, 0.6) is 0 Å². The van der Waals surface area contributed by atoms with Crippen LogP contribution >= 0.6 is 0 Å². The molecule has 1 N–H and O–H groups in total. The van der Waals surface area contributed by atoms with Crippen molar-refractivity contribution in [1.29, 1.82) is 0 Å². The molecule has 2 heteroatoms. The van der Waals surface area contributed by atoms with E-state index in [2.05, 4.69) is 6.92 Å². The number of unbranched alkanes of at least 4 members (excludes halogenated alkanes) is 4. The van der Waals surface area contributed by atoms with E-state index in [4.69, 9.17) is 4.74 Å². The van der Waals surface area contributed by atoms with Gasteiger partial charge in [0.15, 0.2) is 0 Å². The molecule has 0 saturated heterocycles. The quantitative estimate of drug-likeness (QED) is 0.632. The van der Waals surface area contributed by atoms with Crippen molar-refractivity contribution < 1.29 is 9.84 Å². The molecule has 0 aromatic carbocycles. The van der Waals surface area contributed by atoms with E-state index < -0.39 is 0 Å². The summed E-state index contributed by atoms with van der Waals surface area (Å²) in [6, 6.07) is 0. The number of hydrogen-bond donors (Lipinski definition) is 1. The van der Waals surface area contributed by atoms with Crippen LogP contribution in [0.4, 0.5) is 0 Å². The summed E-state index contributed by atoms with van der Waals surface area (Å²) >= 11 is 0. The lowest BCUT2D eigenvalue weighted by Gasteiger charge is -2.58. The number of rotatable bonds is 9. The zero-order valence-electron chi connectivity index (χ0n) is 13.9. The van der Waals surface area contributed by atoms with Crippen molar-refractivity contribution in [2.45, 2.75) is 83.7 Å². The minimum absolute atomic E-state index is 0.207. The van der Waals surface area contributed by atoms with Gasteiger partial charge in [0.25, 0.3) is 0 Å². The maximum Gasteiger partial charge on any atom is 0.0829 e. The Morgan fingerprint density at radius 2 is 1.52 bits per heavy atom. The maximum absolute atomic E-state index is 10.7. The fraction of sp³-hybridized carbons (Fsp3) is 1.00. The van der Waals surface area contributed by atoms with Gasteiger partial charge in [0.2, 0.25) is 0 Å². The van der Waals surface area contributed by atoms with Gasteiger partial charge < -0.3 is 9.84 Å². The highest BCUT2D eigenvalue weighted by Crippen LogP contribution is 2.61. The van der Waals surface area contributed by atoms with Crippen LogP contribution in [0.25, 0.3) is 0 Å². The molecule has 0 amide bonds. The smallest absolute Gasteiger partial charge is 0.0829 e. The molecular formula is C19H34O2. The second-order valence-corrected chi connectivity index (χ2v) is 8.28. The molecule has 0 aromatic rings. The summed E-state index contributed by atoms with van der Waals surface area (Å²) in [5, 5.41) is 10.7. The molecule has 21 heavy (non-hydrogen) atoms. The third kappa shape index (κ3) is 3.64. The molecule has 4 bridgehead atoms. The monoisotopic (exact) mass is 294 g/mol. The number of aliphatic hydroxyl groups excluding tert-OH is 1. The molecule has 122 valence electrons. The van der Waals surface area contributed by atoms with E-state index in [0.29, 0.717) is 6.61 Å². The Bertz CT molecular complexity index is 290. The van der Waals surface area contributed by atoms with Crippen LogP contribution in [0.15, 0.2) is 0 Å². The average molecular weight is 294 g/mol. The Kier molecular flexibility index (Phi) is 5.27. The van der Waals surface area contributed by atoms with Gasteiger partial charge in [0, 0.05) is 6.61 Å². The average Bonchev–Trinajstić information content (AvgIpc) is 2.44. The molecule has 0 aliphatic heterocycles. The van der Waals surface area contributed by atoms with E-state index in [-0.39, 0.29) is 11.5 Å². The zero-order chi connectivity index (χ0) is 14.7. The Balaban J connectivity index is 1.38. The molecule has 0 heterocycles. The van der Waals surface area contributed by atoms with Crippen molar-refractivity contribution in [2.75, 3.05) is 13.2 Å². The van der Waals surface area contributed by atoms with Crippen molar-refractivity contribution in [1.82, 2.24) is 0 Å². The molecule has 1 unspecified atom stereocenters. The fourth-order valence-electron chi connectivity index (χ4n) is 5.77. The Morgan fingerprint density at radius 1 is 0.952 bits per heavy atom. The summed E-state index contributed by atoms with van der Waals surface area (Å²) in [6.07, 6.45) is 14.4. The van der Waals surface area contributed by atoms with Crippen LogP contribution in [-0.2, 0) is 4.74 Å². The lowest BCUT2D eigenvalue weighted by Crippen LogP contribution is -2.52. The van der Waals surface area contributed by atoms with Crippen LogP contribution in [0, 0.1) is 23.2 Å². The van der Waals surface area contributed by atoms with Crippen LogP contribution in [0.3, 0.4) is 0 Å². The number of aliphatic hydroxyl groups is 1. The molecule has 4 aliphatic carbocycles. The van der Waals surface area contributed by atoms with Crippen LogP contribution < -0.4 is 0 Å². The van der Waals surface area contributed by atoms with Gasteiger partial charge in [0.1, 0.15) is 0 Å². The first-order valence-electron chi connectivity index (χ1n) is 9.47. The number of ether oxygens (including phenoxy) is 1. The van der Waals surface area contributed by atoms with Gasteiger partial charge in [-0.2, -0.15) is 0 Å². The van der Waals surface area contributed by atoms with Gasteiger partial charge >= 0.3 is 0 Å². The summed E-state index contributed by atoms with van der Waals surface area (Å²) in [5.74, 6) is 2.75. The molecule has 1 atom stereocenters. The van der Waals surface area contributed by atoms with Gasteiger partial charge in [-0.15, -0.1) is 0 Å². The summed E-state index contributed by atoms with van der Waals surface area (Å²) in [6.45, 7) is 3.67. The summed E-state index contributed by atoms with van der Waals surface area (Å²) in [4.78, 5) is 0. The van der Waals surface area contributed by atoms with Crippen LogP contribution in [0.2, 0.25) is 0 Å². The maximum atomic E-state index is 10.7. The zero-order valence-corrected chi connectivity index (χ0v) is 13.9. The first kappa shape index (κ1) is 15.8. The minimum atomic E-state index is -0.207. The van der Waals surface area contributed by atoms with Crippen molar-refractivity contribution in [3.8, 4) is 0 Å². The normalized spacial score (nSPS) is 38.9. The predicted molar refractivity (Wildman–Crippen MR) is 86.2 cm³/mol. The Hall–Kier alpha value is -0.0800. The lowest BCUT2D eigenvalue weighted by atomic mass is 9.48. The third-order valence-corrected chi connectivity index (χ3v) is 6.46. The van der Waals surface area contributed by atoms with Crippen molar-refractivity contribution in [3.05, 3.63) is 0 Å². The van der Waals surface area contributed by atoms with Gasteiger partial charge in [0.05, 0.1) is 12.7 Å². The second kappa shape index (κ2) is 7.00. The fourth-order valence-corrected chi connectivity index (χ4v) is 5.77. The topological polar surface area (TPSA) is 29.5 Å². The third-order valence-electron chi connectivity index (χ3n) is 6.46. The summed E-state index contributed by atoms with van der Waals surface area (Å²) < 4.78 is 5.82.